The number of ether oxygens (including phenoxy) is 1. The highest BCUT2D eigenvalue weighted by atomic mass is 127. The lowest BCUT2D eigenvalue weighted by Gasteiger charge is -2.10. The van der Waals surface area contributed by atoms with E-state index in [2.05, 4.69) is 22.6 Å². The van der Waals surface area contributed by atoms with Crippen LogP contribution in [0.4, 0.5) is 0 Å². The molecule has 0 aliphatic rings. The van der Waals surface area contributed by atoms with E-state index in [0.717, 1.165) is 3.57 Å². The van der Waals surface area contributed by atoms with Gasteiger partial charge in [-0.15, -0.1) is 0 Å². The van der Waals surface area contributed by atoms with Crippen LogP contribution >= 0.6 is 34.2 Å². The average molecular weight is 325 g/mol. The van der Waals surface area contributed by atoms with Gasteiger partial charge in [-0.2, -0.15) is 0 Å². The van der Waals surface area contributed by atoms with Gasteiger partial charge in [-0.3, -0.25) is 4.79 Å². The summed E-state index contributed by atoms with van der Waals surface area (Å²) in [6.45, 7) is 3.92. The fourth-order valence-electron chi connectivity index (χ4n) is 1.09. The van der Waals surface area contributed by atoms with Crippen molar-refractivity contribution in [3.05, 3.63) is 26.3 Å². The van der Waals surface area contributed by atoms with Crippen molar-refractivity contribution in [3.8, 4) is 5.75 Å². The first kappa shape index (κ1) is 11.8. The van der Waals surface area contributed by atoms with Gasteiger partial charge in [-0.05, 0) is 48.6 Å². The molecule has 2 nitrogen and oxygen atoms in total. The summed E-state index contributed by atoms with van der Waals surface area (Å²) in [5.41, 5.74) is 0.584. The summed E-state index contributed by atoms with van der Waals surface area (Å²) in [5, 5.41) is 0.610. The first-order chi connectivity index (χ1) is 6.57. The van der Waals surface area contributed by atoms with Crippen LogP contribution in [0.5, 0.6) is 5.75 Å². The summed E-state index contributed by atoms with van der Waals surface area (Å²) in [6.07, 6.45) is 0. The van der Waals surface area contributed by atoms with E-state index in [-0.39, 0.29) is 5.78 Å². The predicted molar refractivity (Wildman–Crippen MR) is 65.3 cm³/mol. The van der Waals surface area contributed by atoms with Gasteiger partial charge in [-0.1, -0.05) is 11.6 Å². The molecule has 0 unspecified atom stereocenters. The Labute approximate surface area is 102 Å². The second-order valence-corrected chi connectivity index (χ2v) is 4.21. The third-order valence-corrected chi connectivity index (χ3v) is 3.42. The molecule has 0 fully saturated rings. The zero-order chi connectivity index (χ0) is 10.7. The quantitative estimate of drug-likeness (QED) is 0.628. The molecule has 0 saturated carbocycles. The van der Waals surface area contributed by atoms with Crippen molar-refractivity contribution in [2.75, 3.05) is 6.61 Å². The molecular weight excluding hydrogens is 314 g/mol. The lowest BCUT2D eigenvalue weighted by atomic mass is 10.1. The van der Waals surface area contributed by atoms with Gasteiger partial charge in [0.1, 0.15) is 5.75 Å². The lowest BCUT2D eigenvalue weighted by molar-refractivity contribution is 0.101. The Morgan fingerprint density at radius 3 is 2.71 bits per heavy atom. The number of carbonyl (C=O) groups is 1. The van der Waals surface area contributed by atoms with E-state index in [0.29, 0.717) is 22.9 Å². The van der Waals surface area contributed by atoms with Gasteiger partial charge in [-0.25, -0.2) is 0 Å². The normalized spacial score (nSPS) is 10.0. The van der Waals surface area contributed by atoms with Crippen LogP contribution < -0.4 is 4.74 Å². The van der Waals surface area contributed by atoms with Crippen LogP contribution in [0, 0.1) is 3.57 Å². The van der Waals surface area contributed by atoms with Crippen molar-refractivity contribution in [2.45, 2.75) is 13.8 Å². The lowest BCUT2D eigenvalue weighted by Crippen LogP contribution is -2.02. The molecule has 1 aromatic rings. The van der Waals surface area contributed by atoms with Crippen molar-refractivity contribution in [2.24, 2.45) is 0 Å². The smallest absolute Gasteiger partial charge is 0.163 e. The fraction of sp³-hybridized carbons (Fsp3) is 0.300. The van der Waals surface area contributed by atoms with Crippen LogP contribution in [-0.2, 0) is 0 Å². The Morgan fingerprint density at radius 2 is 2.21 bits per heavy atom. The molecule has 0 radical (unpaired) electrons. The number of rotatable bonds is 3. The molecule has 0 aliphatic carbocycles. The van der Waals surface area contributed by atoms with Gasteiger partial charge in [0.2, 0.25) is 0 Å². The van der Waals surface area contributed by atoms with E-state index < -0.39 is 0 Å². The predicted octanol–water partition coefficient (Wildman–Crippen LogP) is 3.55. The van der Waals surface area contributed by atoms with E-state index in [4.69, 9.17) is 16.3 Å². The van der Waals surface area contributed by atoms with Crippen molar-refractivity contribution in [1.82, 2.24) is 0 Å². The van der Waals surface area contributed by atoms with Gasteiger partial charge >= 0.3 is 0 Å². The fourth-order valence-corrected chi connectivity index (χ4v) is 1.87. The number of halogens is 2. The molecule has 1 rings (SSSR count). The van der Waals surface area contributed by atoms with Crippen molar-refractivity contribution in [1.29, 1.82) is 0 Å². The second kappa shape index (κ2) is 4.98. The van der Waals surface area contributed by atoms with Crippen LogP contribution in [-0.4, -0.2) is 12.4 Å². The maximum atomic E-state index is 11.3. The largest absolute Gasteiger partial charge is 0.492 e. The highest BCUT2D eigenvalue weighted by molar-refractivity contribution is 14.1. The van der Waals surface area contributed by atoms with Crippen LogP contribution in [0.2, 0.25) is 5.02 Å². The van der Waals surface area contributed by atoms with Crippen molar-refractivity contribution >= 4 is 40.0 Å². The number of hydrogen-bond donors (Lipinski definition) is 0. The molecule has 1 aromatic carbocycles. The average Bonchev–Trinajstić information content (AvgIpc) is 2.13. The van der Waals surface area contributed by atoms with Gasteiger partial charge < -0.3 is 4.74 Å². The maximum Gasteiger partial charge on any atom is 0.163 e. The summed E-state index contributed by atoms with van der Waals surface area (Å²) >= 11 is 8.01. The Kier molecular flexibility index (Phi) is 4.19. The van der Waals surface area contributed by atoms with E-state index in [1.54, 1.807) is 12.1 Å². The minimum Gasteiger partial charge on any atom is -0.492 e. The minimum atomic E-state index is -0.0111. The summed E-state index contributed by atoms with van der Waals surface area (Å²) in [7, 11) is 0. The standard InChI is InChI=1S/C10H10ClIO2/c1-3-14-10-7(6(2)13)4-5-8(11)9(10)12/h4-5H,3H2,1-2H3. The molecule has 0 N–H and O–H groups in total. The molecule has 0 heterocycles. The molecule has 14 heavy (non-hydrogen) atoms. The summed E-state index contributed by atoms with van der Waals surface area (Å²) in [5.74, 6) is 0.580. The zero-order valence-electron chi connectivity index (χ0n) is 7.93. The SMILES string of the molecule is CCOc1c(C(C)=O)ccc(Cl)c1I. The number of Topliss-reactive ketones (excluding diaryl/α,β-unsaturated/α-hetero) is 1. The van der Waals surface area contributed by atoms with Crippen LogP contribution in [0.1, 0.15) is 24.2 Å². The number of ketones is 1. The molecule has 0 aromatic heterocycles. The first-order valence-electron chi connectivity index (χ1n) is 4.19. The van der Waals surface area contributed by atoms with E-state index in [1.165, 1.54) is 6.92 Å². The summed E-state index contributed by atoms with van der Waals surface area (Å²) < 4.78 is 6.19. The number of benzene rings is 1. The molecule has 0 atom stereocenters. The Bertz CT molecular complexity index is 363. The van der Waals surface area contributed by atoms with Crippen molar-refractivity contribution < 1.29 is 9.53 Å². The van der Waals surface area contributed by atoms with Crippen LogP contribution in [0.3, 0.4) is 0 Å². The third kappa shape index (κ3) is 2.39. The first-order valence-corrected chi connectivity index (χ1v) is 5.65. The zero-order valence-corrected chi connectivity index (χ0v) is 10.8. The topological polar surface area (TPSA) is 26.3 Å². The molecule has 4 heteroatoms. The Morgan fingerprint density at radius 1 is 1.57 bits per heavy atom. The minimum absolute atomic E-state index is 0.0111. The third-order valence-electron chi connectivity index (χ3n) is 1.72. The molecule has 0 saturated heterocycles. The van der Waals surface area contributed by atoms with Gasteiger partial charge in [0.25, 0.3) is 0 Å². The van der Waals surface area contributed by atoms with E-state index >= 15 is 0 Å². The molecule has 0 spiro atoms. The van der Waals surface area contributed by atoms with E-state index in [1.807, 2.05) is 6.92 Å². The van der Waals surface area contributed by atoms with Gasteiger partial charge in [0.15, 0.2) is 5.78 Å². The van der Waals surface area contributed by atoms with E-state index in [9.17, 15) is 4.79 Å². The van der Waals surface area contributed by atoms with Gasteiger partial charge in [0.05, 0.1) is 20.8 Å². The van der Waals surface area contributed by atoms with Crippen LogP contribution in [0.15, 0.2) is 12.1 Å². The molecule has 0 amide bonds. The van der Waals surface area contributed by atoms with Crippen LogP contribution in [0.25, 0.3) is 0 Å². The maximum absolute atomic E-state index is 11.3. The summed E-state index contributed by atoms with van der Waals surface area (Å²) in [6, 6.07) is 3.40. The second-order valence-electron chi connectivity index (χ2n) is 2.73. The summed E-state index contributed by atoms with van der Waals surface area (Å²) in [4.78, 5) is 11.3. The molecule has 76 valence electrons. The highest BCUT2D eigenvalue weighted by Crippen LogP contribution is 2.32. The molecule has 0 bridgehead atoms. The number of carbonyl (C=O) groups excluding carboxylic acids is 1. The molecular formula is C10H10ClIO2. The Hall–Kier alpha value is -0.290. The van der Waals surface area contributed by atoms with Gasteiger partial charge in [0, 0.05) is 0 Å². The number of hydrogen-bond acceptors (Lipinski definition) is 2. The molecule has 0 aliphatic heterocycles. The van der Waals surface area contributed by atoms with Crippen molar-refractivity contribution in [3.63, 3.8) is 0 Å². The monoisotopic (exact) mass is 324 g/mol. The highest BCUT2D eigenvalue weighted by Gasteiger charge is 2.14. The Balaban J connectivity index is 3.29.